The van der Waals surface area contributed by atoms with E-state index in [1.54, 1.807) is 15.9 Å². The van der Waals surface area contributed by atoms with E-state index in [1.807, 2.05) is 19.1 Å². The molecular weight excluding hydrogens is 336 g/mol. The van der Waals surface area contributed by atoms with Gasteiger partial charge in [-0.1, -0.05) is 31.0 Å². The van der Waals surface area contributed by atoms with E-state index in [-0.39, 0.29) is 29.6 Å². The molecule has 0 aliphatic carbocycles. The predicted molar refractivity (Wildman–Crippen MR) is 91.9 cm³/mol. The molecule has 23 heavy (non-hydrogen) atoms. The molecule has 0 spiro atoms. The molecule has 2 saturated heterocycles. The van der Waals surface area contributed by atoms with Gasteiger partial charge < -0.3 is 4.90 Å². The molecule has 0 unspecified atom stereocenters. The minimum Gasteiger partial charge on any atom is -0.318 e. The number of amides is 2. The summed E-state index contributed by atoms with van der Waals surface area (Å²) in [5.41, 5.74) is 1.61. The molecule has 1 aromatic carbocycles. The summed E-state index contributed by atoms with van der Waals surface area (Å²) in [6.45, 7) is 4.55. The Morgan fingerprint density at radius 1 is 1.26 bits per heavy atom. The number of halogens is 1. The molecule has 0 aromatic heterocycles. The molecule has 2 heterocycles. The standard InChI is InChI=1S/C16H21ClN2O3S/c1-3-4-7-18-14-9-23(21,22)10-15(14)19(16(18)20)12-6-5-11(2)13(17)8-12/h5-6,8,14-15H,3-4,7,9-10H2,1-2H3/t14-,15+/m0/s1. The number of hydrogen-bond acceptors (Lipinski definition) is 3. The number of aryl methyl sites for hydroxylation is 1. The Labute approximate surface area is 142 Å². The number of fused-ring (bicyclic) bond motifs is 1. The molecule has 7 heteroatoms. The zero-order chi connectivity index (χ0) is 16.8. The number of sulfone groups is 1. The van der Waals surface area contributed by atoms with Crippen molar-refractivity contribution in [3.8, 4) is 0 Å². The van der Waals surface area contributed by atoms with Gasteiger partial charge in [0.1, 0.15) is 0 Å². The number of benzene rings is 1. The van der Waals surface area contributed by atoms with Gasteiger partial charge in [-0.05, 0) is 31.0 Å². The van der Waals surface area contributed by atoms with Gasteiger partial charge in [0, 0.05) is 17.3 Å². The van der Waals surface area contributed by atoms with E-state index in [2.05, 4.69) is 6.92 Å². The van der Waals surface area contributed by atoms with Crippen LogP contribution in [0.5, 0.6) is 0 Å². The van der Waals surface area contributed by atoms with Crippen molar-refractivity contribution < 1.29 is 13.2 Å². The summed E-state index contributed by atoms with van der Waals surface area (Å²) in [5, 5.41) is 0.583. The maximum absolute atomic E-state index is 12.8. The average Bonchev–Trinajstić information content (AvgIpc) is 2.90. The van der Waals surface area contributed by atoms with Crippen LogP contribution in [0, 0.1) is 6.92 Å². The number of carbonyl (C=O) groups is 1. The monoisotopic (exact) mass is 356 g/mol. The van der Waals surface area contributed by atoms with E-state index in [0.29, 0.717) is 17.3 Å². The van der Waals surface area contributed by atoms with Crippen molar-refractivity contribution in [2.75, 3.05) is 23.0 Å². The number of hydrogen-bond donors (Lipinski definition) is 0. The lowest BCUT2D eigenvalue weighted by Gasteiger charge is -2.23. The van der Waals surface area contributed by atoms with Crippen LogP contribution in [0.15, 0.2) is 18.2 Å². The summed E-state index contributed by atoms with van der Waals surface area (Å²) in [7, 11) is -3.11. The summed E-state index contributed by atoms with van der Waals surface area (Å²) >= 11 is 6.19. The Kier molecular flexibility index (Phi) is 4.31. The largest absolute Gasteiger partial charge is 0.325 e. The minimum absolute atomic E-state index is 0.0253. The summed E-state index contributed by atoms with van der Waals surface area (Å²) in [5.74, 6) is 0.0841. The Morgan fingerprint density at radius 3 is 2.61 bits per heavy atom. The first-order valence-corrected chi connectivity index (χ1v) is 10.1. The van der Waals surface area contributed by atoms with Crippen molar-refractivity contribution in [2.24, 2.45) is 0 Å². The lowest BCUT2D eigenvalue weighted by Crippen LogP contribution is -2.38. The molecule has 2 aliphatic heterocycles. The molecule has 2 atom stereocenters. The number of nitrogens with zero attached hydrogens (tertiary/aromatic N) is 2. The topological polar surface area (TPSA) is 57.7 Å². The van der Waals surface area contributed by atoms with E-state index < -0.39 is 9.84 Å². The summed E-state index contributed by atoms with van der Waals surface area (Å²) in [4.78, 5) is 16.2. The lowest BCUT2D eigenvalue weighted by atomic mass is 10.1. The second-order valence-electron chi connectivity index (χ2n) is 6.34. The fourth-order valence-electron chi connectivity index (χ4n) is 3.40. The number of urea groups is 1. The van der Waals surface area contributed by atoms with Gasteiger partial charge in [-0.15, -0.1) is 0 Å². The smallest absolute Gasteiger partial charge is 0.318 e. The van der Waals surface area contributed by atoms with Crippen LogP contribution in [0.2, 0.25) is 5.02 Å². The van der Waals surface area contributed by atoms with Gasteiger partial charge >= 0.3 is 6.03 Å². The summed E-state index contributed by atoms with van der Waals surface area (Å²) < 4.78 is 24.2. The van der Waals surface area contributed by atoms with E-state index >= 15 is 0 Å². The normalized spacial score (nSPS) is 26.0. The highest BCUT2D eigenvalue weighted by Gasteiger charge is 2.53. The van der Waals surface area contributed by atoms with Crippen molar-refractivity contribution in [1.29, 1.82) is 0 Å². The molecule has 126 valence electrons. The average molecular weight is 357 g/mol. The van der Waals surface area contributed by atoms with Crippen LogP contribution >= 0.6 is 11.6 Å². The third-order valence-corrected chi connectivity index (χ3v) is 6.77. The number of rotatable bonds is 4. The van der Waals surface area contributed by atoms with Gasteiger partial charge in [0.2, 0.25) is 0 Å². The van der Waals surface area contributed by atoms with E-state index in [4.69, 9.17) is 11.6 Å². The molecule has 3 rings (SSSR count). The molecule has 5 nitrogen and oxygen atoms in total. The van der Waals surface area contributed by atoms with Gasteiger partial charge in [-0.2, -0.15) is 0 Å². The lowest BCUT2D eigenvalue weighted by molar-refractivity contribution is 0.208. The summed E-state index contributed by atoms with van der Waals surface area (Å²) in [6, 6.07) is 4.77. The Morgan fingerprint density at radius 2 is 1.96 bits per heavy atom. The van der Waals surface area contributed by atoms with Crippen LogP contribution in [0.4, 0.5) is 10.5 Å². The highest BCUT2D eigenvalue weighted by Crippen LogP contribution is 2.36. The highest BCUT2D eigenvalue weighted by molar-refractivity contribution is 7.91. The predicted octanol–water partition coefficient (Wildman–Crippen LogP) is 2.86. The molecule has 2 aliphatic rings. The first kappa shape index (κ1) is 16.6. The first-order chi connectivity index (χ1) is 10.8. The second-order valence-corrected chi connectivity index (χ2v) is 8.91. The van der Waals surface area contributed by atoms with Gasteiger partial charge in [-0.3, -0.25) is 4.90 Å². The summed E-state index contributed by atoms with van der Waals surface area (Å²) in [6.07, 6.45) is 1.84. The molecule has 0 bridgehead atoms. The number of unbranched alkanes of at least 4 members (excludes halogenated alkanes) is 1. The van der Waals surface area contributed by atoms with Crippen molar-refractivity contribution >= 4 is 33.2 Å². The molecule has 1 aromatic rings. The van der Waals surface area contributed by atoms with Crippen LogP contribution in [-0.4, -0.2) is 49.5 Å². The van der Waals surface area contributed by atoms with Crippen LogP contribution < -0.4 is 4.90 Å². The molecule has 2 amide bonds. The number of carbonyl (C=O) groups excluding carboxylic acids is 1. The van der Waals surface area contributed by atoms with E-state index in [0.717, 1.165) is 18.4 Å². The van der Waals surface area contributed by atoms with E-state index in [9.17, 15) is 13.2 Å². The quantitative estimate of drug-likeness (QED) is 0.779. The minimum atomic E-state index is -3.11. The first-order valence-electron chi connectivity index (χ1n) is 7.90. The van der Waals surface area contributed by atoms with Crippen molar-refractivity contribution in [2.45, 2.75) is 38.8 Å². The van der Waals surface area contributed by atoms with Crippen molar-refractivity contribution in [3.63, 3.8) is 0 Å². The molecule has 0 saturated carbocycles. The number of anilines is 1. The van der Waals surface area contributed by atoms with E-state index in [1.165, 1.54) is 0 Å². The maximum Gasteiger partial charge on any atom is 0.325 e. The van der Waals surface area contributed by atoms with Crippen molar-refractivity contribution in [3.05, 3.63) is 28.8 Å². The van der Waals surface area contributed by atoms with Gasteiger partial charge in [0.15, 0.2) is 9.84 Å². The van der Waals surface area contributed by atoms with Gasteiger partial charge in [0.25, 0.3) is 0 Å². The van der Waals surface area contributed by atoms with Crippen LogP contribution in [0.3, 0.4) is 0 Å². The molecule has 0 N–H and O–H groups in total. The van der Waals surface area contributed by atoms with Crippen LogP contribution in [0.25, 0.3) is 0 Å². The zero-order valence-electron chi connectivity index (χ0n) is 13.3. The van der Waals surface area contributed by atoms with Gasteiger partial charge in [-0.25, -0.2) is 13.2 Å². The molecule has 0 radical (unpaired) electrons. The fourth-order valence-corrected chi connectivity index (χ4v) is 5.53. The second kappa shape index (κ2) is 5.98. The molecule has 2 fully saturated rings. The highest BCUT2D eigenvalue weighted by atomic mass is 35.5. The van der Waals surface area contributed by atoms with Crippen LogP contribution in [-0.2, 0) is 9.84 Å². The SMILES string of the molecule is CCCCN1C(=O)N(c2ccc(C)c(Cl)c2)[C@@H]2CS(=O)(=O)C[C@@H]21. The Balaban J connectivity index is 1.98. The third-order valence-electron chi connectivity index (χ3n) is 4.66. The Bertz CT molecular complexity index is 735. The van der Waals surface area contributed by atoms with Gasteiger partial charge in [0.05, 0.1) is 23.6 Å². The maximum atomic E-state index is 12.8. The van der Waals surface area contributed by atoms with Crippen molar-refractivity contribution in [1.82, 2.24) is 4.90 Å². The van der Waals surface area contributed by atoms with Crippen LogP contribution in [0.1, 0.15) is 25.3 Å². The zero-order valence-corrected chi connectivity index (χ0v) is 14.9. The third kappa shape index (κ3) is 2.94. The molecular formula is C16H21ClN2O3S. The Hall–Kier alpha value is -1.27. The fraction of sp³-hybridized carbons (Fsp3) is 0.562.